The standard InChI is InChI=1S/C30H46N2O4/c1-28(2,3)23-4-8-25(9-5-23)35-26-10-6-24(7-11-26)32-20-18-31(19-21-32)22-29-12-15-30(16-13-29,17-14-29)36-27(33)34/h6-7,10-11,23,25H,4-5,8-9,12-22H2,1-3H3,(H,33,34). The molecule has 0 unspecified atom stereocenters. The predicted octanol–water partition coefficient (Wildman–Crippen LogP) is 6.58. The lowest BCUT2D eigenvalue weighted by Crippen LogP contribution is -2.55. The summed E-state index contributed by atoms with van der Waals surface area (Å²) in [7, 11) is 0. The molecular formula is C30H46N2O4. The van der Waals surface area contributed by atoms with Gasteiger partial charge in [0, 0.05) is 38.4 Å². The summed E-state index contributed by atoms with van der Waals surface area (Å²) in [6.45, 7) is 12.5. The first-order chi connectivity index (χ1) is 17.1. The van der Waals surface area contributed by atoms with Crippen LogP contribution in [0.2, 0.25) is 0 Å². The fourth-order valence-electron chi connectivity index (χ4n) is 7.42. The maximum atomic E-state index is 11.1. The molecule has 1 aliphatic heterocycles. The van der Waals surface area contributed by atoms with Crippen LogP contribution in [0, 0.1) is 16.7 Å². The second-order valence-corrected chi connectivity index (χ2v) is 13.3. The third kappa shape index (κ3) is 5.79. The molecule has 0 amide bonds. The summed E-state index contributed by atoms with van der Waals surface area (Å²) in [6, 6.07) is 8.78. The van der Waals surface area contributed by atoms with E-state index in [1.54, 1.807) is 0 Å². The van der Waals surface area contributed by atoms with Gasteiger partial charge in [0.1, 0.15) is 11.4 Å². The molecule has 1 saturated heterocycles. The molecule has 2 bridgehead atoms. The highest BCUT2D eigenvalue weighted by atomic mass is 16.7. The molecule has 5 aliphatic rings. The minimum absolute atomic E-state index is 0.358. The Bertz CT molecular complexity index is 868. The van der Waals surface area contributed by atoms with Crippen molar-refractivity contribution in [1.29, 1.82) is 0 Å². The summed E-state index contributed by atoms with van der Waals surface area (Å²) < 4.78 is 11.7. The van der Waals surface area contributed by atoms with Crippen molar-refractivity contribution in [1.82, 2.24) is 4.90 Å². The molecule has 1 N–H and O–H groups in total. The van der Waals surface area contributed by atoms with Crippen LogP contribution in [0.4, 0.5) is 10.5 Å². The van der Waals surface area contributed by atoms with E-state index < -0.39 is 11.8 Å². The van der Waals surface area contributed by atoms with Crippen LogP contribution >= 0.6 is 0 Å². The van der Waals surface area contributed by atoms with Crippen molar-refractivity contribution < 1.29 is 19.4 Å². The third-order valence-electron chi connectivity index (χ3n) is 9.97. The fraction of sp³-hybridized carbons (Fsp3) is 0.767. The van der Waals surface area contributed by atoms with Crippen molar-refractivity contribution in [2.24, 2.45) is 16.7 Å². The number of nitrogens with zero attached hydrogens (tertiary/aromatic N) is 2. The molecule has 1 aromatic rings. The van der Waals surface area contributed by atoms with Crippen LogP contribution in [-0.4, -0.2) is 60.6 Å². The third-order valence-corrected chi connectivity index (χ3v) is 9.97. The van der Waals surface area contributed by atoms with E-state index in [1.807, 2.05) is 0 Å². The van der Waals surface area contributed by atoms with Crippen molar-refractivity contribution in [3.63, 3.8) is 0 Å². The van der Waals surface area contributed by atoms with E-state index in [4.69, 9.17) is 14.6 Å². The highest BCUT2D eigenvalue weighted by molar-refractivity contribution is 5.57. The van der Waals surface area contributed by atoms with E-state index in [2.05, 4.69) is 54.8 Å². The monoisotopic (exact) mass is 498 g/mol. The normalized spacial score (nSPS) is 33.4. The summed E-state index contributed by atoms with van der Waals surface area (Å²) in [6.07, 6.45) is 10.1. The number of anilines is 1. The van der Waals surface area contributed by atoms with Crippen molar-refractivity contribution in [2.75, 3.05) is 37.6 Å². The van der Waals surface area contributed by atoms with Crippen LogP contribution in [0.3, 0.4) is 0 Å². The topological polar surface area (TPSA) is 62.2 Å². The molecule has 0 spiro atoms. The van der Waals surface area contributed by atoms with Gasteiger partial charge in [0.05, 0.1) is 6.10 Å². The van der Waals surface area contributed by atoms with Gasteiger partial charge in [-0.15, -0.1) is 0 Å². The van der Waals surface area contributed by atoms with Gasteiger partial charge >= 0.3 is 6.16 Å². The van der Waals surface area contributed by atoms with Crippen molar-refractivity contribution in [2.45, 2.75) is 96.7 Å². The van der Waals surface area contributed by atoms with Crippen molar-refractivity contribution in [3.8, 4) is 5.75 Å². The molecule has 200 valence electrons. The Hall–Kier alpha value is -1.95. The summed E-state index contributed by atoms with van der Waals surface area (Å²) in [5.41, 5.74) is 1.67. The van der Waals surface area contributed by atoms with Gasteiger partial charge < -0.3 is 19.5 Å². The molecule has 36 heavy (non-hydrogen) atoms. The number of carboxylic acid groups (broad SMARTS) is 1. The fourth-order valence-corrected chi connectivity index (χ4v) is 7.42. The molecule has 0 atom stereocenters. The van der Waals surface area contributed by atoms with Gasteiger partial charge in [0.2, 0.25) is 0 Å². The van der Waals surface area contributed by atoms with Crippen molar-refractivity contribution >= 4 is 11.8 Å². The van der Waals surface area contributed by atoms with Crippen molar-refractivity contribution in [3.05, 3.63) is 24.3 Å². The van der Waals surface area contributed by atoms with E-state index in [-0.39, 0.29) is 0 Å². The Morgan fingerprint density at radius 3 is 2.03 bits per heavy atom. The number of hydrogen-bond acceptors (Lipinski definition) is 5. The number of benzene rings is 1. The van der Waals surface area contributed by atoms with Crippen LogP contribution in [0.5, 0.6) is 5.75 Å². The molecule has 6 nitrogen and oxygen atoms in total. The first-order valence-corrected chi connectivity index (χ1v) is 14.3. The highest BCUT2D eigenvalue weighted by Crippen LogP contribution is 2.54. The number of rotatable bonds is 6. The second kappa shape index (κ2) is 10.1. The van der Waals surface area contributed by atoms with Crippen LogP contribution in [0.15, 0.2) is 24.3 Å². The minimum atomic E-state index is -1.11. The smallest absolute Gasteiger partial charge is 0.490 e. The van der Waals surface area contributed by atoms with Crippen LogP contribution in [0.1, 0.15) is 85.0 Å². The van der Waals surface area contributed by atoms with E-state index >= 15 is 0 Å². The molecule has 4 saturated carbocycles. The number of carbonyl (C=O) groups is 1. The quantitative estimate of drug-likeness (QED) is 0.447. The van der Waals surface area contributed by atoms with Gasteiger partial charge in [-0.05, 0) is 105 Å². The number of hydrogen-bond donors (Lipinski definition) is 1. The largest absolute Gasteiger partial charge is 0.506 e. The van der Waals surface area contributed by atoms with Gasteiger partial charge in [-0.1, -0.05) is 20.8 Å². The first kappa shape index (κ1) is 25.7. The molecule has 6 heteroatoms. The Kier molecular flexibility index (Phi) is 7.19. The zero-order valence-electron chi connectivity index (χ0n) is 22.6. The first-order valence-electron chi connectivity index (χ1n) is 14.3. The predicted molar refractivity (Wildman–Crippen MR) is 143 cm³/mol. The lowest BCUT2D eigenvalue weighted by Gasteiger charge is -2.54. The zero-order valence-corrected chi connectivity index (χ0v) is 22.6. The molecular weight excluding hydrogens is 452 g/mol. The Morgan fingerprint density at radius 2 is 1.50 bits per heavy atom. The van der Waals surface area contributed by atoms with Gasteiger partial charge in [-0.25, -0.2) is 4.79 Å². The van der Waals surface area contributed by atoms with Crippen LogP contribution in [0.25, 0.3) is 0 Å². The molecule has 1 aromatic carbocycles. The Balaban J connectivity index is 1.06. The molecule has 1 heterocycles. The van der Waals surface area contributed by atoms with E-state index in [0.29, 0.717) is 16.9 Å². The zero-order chi connectivity index (χ0) is 25.4. The van der Waals surface area contributed by atoms with Gasteiger partial charge in [-0.3, -0.25) is 4.90 Å². The molecule has 4 aliphatic carbocycles. The highest BCUT2D eigenvalue weighted by Gasteiger charge is 2.51. The number of piperazine rings is 1. The SMILES string of the molecule is CC(C)(C)C1CCC(Oc2ccc(N3CCN(CC45CCC(OC(=O)O)(CC4)CC5)CC3)cc2)CC1. The summed E-state index contributed by atoms with van der Waals surface area (Å²) in [4.78, 5) is 16.2. The second-order valence-electron chi connectivity index (χ2n) is 13.3. The summed E-state index contributed by atoms with van der Waals surface area (Å²) in [5, 5.41) is 9.10. The average molecular weight is 499 g/mol. The lowest BCUT2D eigenvalue weighted by atomic mass is 9.58. The summed E-state index contributed by atoms with van der Waals surface area (Å²) in [5.74, 6) is 1.82. The maximum absolute atomic E-state index is 11.1. The maximum Gasteiger partial charge on any atom is 0.506 e. The van der Waals surface area contributed by atoms with E-state index in [0.717, 1.165) is 82.9 Å². The van der Waals surface area contributed by atoms with Gasteiger partial charge in [0.25, 0.3) is 0 Å². The van der Waals surface area contributed by atoms with Crippen LogP contribution in [-0.2, 0) is 4.74 Å². The molecule has 0 radical (unpaired) electrons. The number of ether oxygens (including phenoxy) is 2. The Labute approximate surface area is 217 Å². The lowest BCUT2D eigenvalue weighted by molar-refractivity contribution is -0.116. The molecule has 5 fully saturated rings. The minimum Gasteiger partial charge on any atom is -0.490 e. The Morgan fingerprint density at radius 1 is 0.917 bits per heavy atom. The van der Waals surface area contributed by atoms with Gasteiger partial charge in [0.15, 0.2) is 0 Å². The molecule has 0 aromatic heterocycles. The van der Waals surface area contributed by atoms with Gasteiger partial charge in [-0.2, -0.15) is 0 Å². The average Bonchev–Trinajstić information content (AvgIpc) is 2.86. The van der Waals surface area contributed by atoms with E-state index in [9.17, 15) is 4.79 Å². The number of fused-ring (bicyclic) bond motifs is 3. The van der Waals surface area contributed by atoms with E-state index in [1.165, 1.54) is 31.4 Å². The molecule has 6 rings (SSSR count). The summed E-state index contributed by atoms with van der Waals surface area (Å²) >= 11 is 0. The van der Waals surface area contributed by atoms with Crippen LogP contribution < -0.4 is 9.64 Å².